The SMILES string of the molecule is CCCN(CCC)C(C)C(O)c1ccc2c3c(cccc13)CC2. The summed E-state index contributed by atoms with van der Waals surface area (Å²) in [5.41, 5.74) is 3.98. The van der Waals surface area contributed by atoms with Crippen LogP contribution in [0.2, 0.25) is 0 Å². The van der Waals surface area contributed by atoms with Crippen molar-refractivity contribution in [2.75, 3.05) is 13.1 Å². The Bertz CT molecular complexity index is 663. The van der Waals surface area contributed by atoms with E-state index in [-0.39, 0.29) is 6.04 Å². The molecule has 124 valence electrons. The predicted molar refractivity (Wildman–Crippen MR) is 97.9 cm³/mol. The molecule has 0 saturated heterocycles. The van der Waals surface area contributed by atoms with Crippen LogP contribution in [0.4, 0.5) is 0 Å². The van der Waals surface area contributed by atoms with Crippen LogP contribution in [-0.4, -0.2) is 29.1 Å². The average molecular weight is 311 g/mol. The van der Waals surface area contributed by atoms with Crippen molar-refractivity contribution in [3.8, 4) is 0 Å². The lowest BCUT2D eigenvalue weighted by molar-refractivity contribution is 0.0586. The summed E-state index contributed by atoms with van der Waals surface area (Å²) in [5, 5.41) is 13.7. The van der Waals surface area contributed by atoms with Gasteiger partial charge in [0.2, 0.25) is 0 Å². The molecule has 0 spiro atoms. The summed E-state index contributed by atoms with van der Waals surface area (Å²) in [6.07, 6.45) is 4.10. The molecule has 1 aliphatic carbocycles. The Balaban J connectivity index is 1.96. The Kier molecular flexibility index (Phi) is 5.03. The molecule has 2 nitrogen and oxygen atoms in total. The summed E-state index contributed by atoms with van der Waals surface area (Å²) < 4.78 is 0. The van der Waals surface area contributed by atoms with Gasteiger partial charge in [0.05, 0.1) is 6.10 Å². The monoisotopic (exact) mass is 311 g/mol. The van der Waals surface area contributed by atoms with Crippen molar-refractivity contribution < 1.29 is 5.11 Å². The van der Waals surface area contributed by atoms with E-state index in [1.807, 2.05) is 0 Å². The van der Waals surface area contributed by atoms with Gasteiger partial charge < -0.3 is 5.11 Å². The number of rotatable bonds is 7. The molecule has 23 heavy (non-hydrogen) atoms. The zero-order chi connectivity index (χ0) is 16.4. The molecule has 1 aliphatic rings. The van der Waals surface area contributed by atoms with Gasteiger partial charge in [-0.1, -0.05) is 44.2 Å². The van der Waals surface area contributed by atoms with Crippen molar-refractivity contribution in [2.45, 2.75) is 58.6 Å². The van der Waals surface area contributed by atoms with Crippen LogP contribution in [0.15, 0.2) is 30.3 Å². The molecule has 2 heteroatoms. The molecule has 0 saturated carbocycles. The first kappa shape index (κ1) is 16.5. The molecule has 2 aromatic carbocycles. The number of aliphatic hydroxyl groups excluding tert-OH is 1. The van der Waals surface area contributed by atoms with Crippen molar-refractivity contribution in [3.63, 3.8) is 0 Å². The molecule has 0 heterocycles. The van der Waals surface area contributed by atoms with Crippen LogP contribution in [0.3, 0.4) is 0 Å². The molecular weight excluding hydrogens is 282 g/mol. The highest BCUT2D eigenvalue weighted by atomic mass is 16.3. The fraction of sp³-hybridized carbons (Fsp3) is 0.524. The number of nitrogens with zero attached hydrogens (tertiary/aromatic N) is 1. The highest BCUT2D eigenvalue weighted by molar-refractivity contribution is 5.93. The molecule has 0 aliphatic heterocycles. The maximum atomic E-state index is 11.1. The molecule has 0 bridgehead atoms. The second-order valence-electron chi connectivity index (χ2n) is 6.88. The van der Waals surface area contributed by atoms with Gasteiger partial charge >= 0.3 is 0 Å². The maximum absolute atomic E-state index is 11.1. The van der Waals surface area contributed by atoms with Crippen LogP contribution < -0.4 is 0 Å². The minimum Gasteiger partial charge on any atom is -0.387 e. The van der Waals surface area contributed by atoms with Gasteiger partial charge in [0.15, 0.2) is 0 Å². The van der Waals surface area contributed by atoms with E-state index in [2.05, 4.69) is 56.0 Å². The van der Waals surface area contributed by atoms with Crippen LogP contribution in [0.1, 0.15) is 56.4 Å². The highest BCUT2D eigenvalue weighted by Crippen LogP contribution is 2.36. The molecule has 2 atom stereocenters. The second-order valence-corrected chi connectivity index (χ2v) is 6.88. The quantitative estimate of drug-likeness (QED) is 0.815. The molecule has 0 amide bonds. The number of aliphatic hydroxyl groups is 1. The van der Waals surface area contributed by atoms with Crippen molar-refractivity contribution in [1.29, 1.82) is 0 Å². The number of benzene rings is 2. The van der Waals surface area contributed by atoms with Crippen LogP contribution >= 0.6 is 0 Å². The largest absolute Gasteiger partial charge is 0.387 e. The van der Waals surface area contributed by atoms with Gasteiger partial charge in [-0.2, -0.15) is 0 Å². The topological polar surface area (TPSA) is 23.5 Å². The standard InChI is InChI=1S/C21H29NO/c1-4-13-22(14-5-2)15(3)21(23)19-12-11-17-10-9-16-7-6-8-18(19)20(16)17/h6-8,11-12,15,21,23H,4-5,9-10,13-14H2,1-3H3. The zero-order valence-electron chi connectivity index (χ0n) is 14.7. The van der Waals surface area contributed by atoms with Crippen LogP contribution in [0.25, 0.3) is 10.8 Å². The first-order valence-electron chi connectivity index (χ1n) is 9.12. The summed E-state index contributed by atoms with van der Waals surface area (Å²) in [7, 11) is 0. The van der Waals surface area contributed by atoms with E-state index < -0.39 is 6.10 Å². The predicted octanol–water partition coefficient (Wildman–Crippen LogP) is 4.48. The first-order valence-corrected chi connectivity index (χ1v) is 9.12. The summed E-state index contributed by atoms with van der Waals surface area (Å²) in [6.45, 7) is 8.68. The van der Waals surface area contributed by atoms with Crippen LogP contribution in [-0.2, 0) is 12.8 Å². The summed E-state index contributed by atoms with van der Waals surface area (Å²) in [4.78, 5) is 2.42. The minimum atomic E-state index is -0.432. The van der Waals surface area contributed by atoms with E-state index in [1.165, 1.54) is 21.9 Å². The Morgan fingerprint density at radius 1 is 1.00 bits per heavy atom. The van der Waals surface area contributed by atoms with Gasteiger partial charge in [-0.3, -0.25) is 4.90 Å². The van der Waals surface area contributed by atoms with Gasteiger partial charge in [-0.15, -0.1) is 0 Å². The number of hydrogen-bond donors (Lipinski definition) is 1. The summed E-state index contributed by atoms with van der Waals surface area (Å²) in [5.74, 6) is 0. The molecule has 0 aromatic heterocycles. The lowest BCUT2D eigenvalue weighted by atomic mass is 9.93. The molecule has 2 unspecified atom stereocenters. The molecule has 0 radical (unpaired) electrons. The normalized spacial score (nSPS) is 16.2. The first-order chi connectivity index (χ1) is 11.2. The Morgan fingerprint density at radius 2 is 1.65 bits per heavy atom. The number of hydrogen-bond acceptors (Lipinski definition) is 2. The van der Waals surface area contributed by atoms with E-state index >= 15 is 0 Å². The van der Waals surface area contributed by atoms with E-state index in [4.69, 9.17) is 0 Å². The number of aryl methyl sites for hydroxylation is 2. The average Bonchev–Trinajstić information content (AvgIpc) is 2.99. The Morgan fingerprint density at radius 3 is 2.30 bits per heavy atom. The van der Waals surface area contributed by atoms with Crippen molar-refractivity contribution >= 4 is 10.8 Å². The van der Waals surface area contributed by atoms with E-state index in [9.17, 15) is 5.11 Å². The van der Waals surface area contributed by atoms with Crippen LogP contribution in [0, 0.1) is 0 Å². The lowest BCUT2D eigenvalue weighted by Gasteiger charge is -2.32. The third-order valence-electron chi connectivity index (χ3n) is 5.28. The van der Waals surface area contributed by atoms with Gasteiger partial charge in [-0.25, -0.2) is 0 Å². The molecular formula is C21H29NO. The summed E-state index contributed by atoms with van der Waals surface area (Å²) in [6, 6.07) is 11.1. The Labute approximate surface area is 140 Å². The highest BCUT2D eigenvalue weighted by Gasteiger charge is 2.25. The minimum absolute atomic E-state index is 0.147. The molecule has 1 N–H and O–H groups in total. The van der Waals surface area contributed by atoms with E-state index in [0.29, 0.717) is 0 Å². The van der Waals surface area contributed by atoms with Gasteiger partial charge in [-0.05, 0) is 73.2 Å². The van der Waals surface area contributed by atoms with Crippen molar-refractivity contribution in [2.24, 2.45) is 0 Å². The second kappa shape index (κ2) is 7.02. The molecule has 2 aromatic rings. The van der Waals surface area contributed by atoms with Gasteiger partial charge in [0, 0.05) is 6.04 Å². The van der Waals surface area contributed by atoms with Gasteiger partial charge in [0.25, 0.3) is 0 Å². The lowest BCUT2D eigenvalue weighted by Crippen LogP contribution is -2.38. The summed E-state index contributed by atoms with van der Waals surface area (Å²) >= 11 is 0. The molecule has 0 fully saturated rings. The molecule has 3 rings (SSSR count). The van der Waals surface area contributed by atoms with E-state index in [1.54, 1.807) is 0 Å². The third kappa shape index (κ3) is 3.02. The Hall–Kier alpha value is -1.38. The zero-order valence-corrected chi connectivity index (χ0v) is 14.7. The fourth-order valence-electron chi connectivity index (χ4n) is 4.08. The van der Waals surface area contributed by atoms with Crippen molar-refractivity contribution in [3.05, 3.63) is 47.0 Å². The van der Waals surface area contributed by atoms with E-state index in [0.717, 1.165) is 44.3 Å². The van der Waals surface area contributed by atoms with Gasteiger partial charge in [0.1, 0.15) is 0 Å². The fourth-order valence-corrected chi connectivity index (χ4v) is 4.08. The maximum Gasteiger partial charge on any atom is 0.0948 e. The van der Waals surface area contributed by atoms with Crippen LogP contribution in [0.5, 0.6) is 0 Å². The van der Waals surface area contributed by atoms with Crippen molar-refractivity contribution in [1.82, 2.24) is 4.90 Å². The smallest absolute Gasteiger partial charge is 0.0948 e. The third-order valence-corrected chi connectivity index (χ3v) is 5.28.